The molecule has 5 heteroatoms. The van der Waals surface area contributed by atoms with Crippen LogP contribution in [0.15, 0.2) is 60.7 Å². The van der Waals surface area contributed by atoms with Crippen LogP contribution in [0.25, 0.3) is 22.2 Å². The minimum Gasteiger partial charge on any atom is -0.342 e. The van der Waals surface area contributed by atoms with Crippen molar-refractivity contribution in [2.24, 2.45) is 0 Å². The van der Waals surface area contributed by atoms with Gasteiger partial charge in [-0.05, 0) is 98.0 Å². The van der Waals surface area contributed by atoms with Crippen LogP contribution in [0.1, 0.15) is 66.7 Å². The van der Waals surface area contributed by atoms with E-state index in [0.29, 0.717) is 6.54 Å². The highest BCUT2D eigenvalue weighted by Gasteiger charge is 2.31. The van der Waals surface area contributed by atoms with Crippen molar-refractivity contribution < 1.29 is 4.79 Å². The van der Waals surface area contributed by atoms with Gasteiger partial charge in [0.15, 0.2) is 0 Å². The number of nitrogens with zero attached hydrogens (tertiary/aromatic N) is 3. The first-order chi connectivity index (χ1) is 17.9. The molecule has 1 aliphatic heterocycles. The number of aromatic nitrogens is 2. The molecule has 192 valence electrons. The number of urea groups is 1. The van der Waals surface area contributed by atoms with Gasteiger partial charge in [0, 0.05) is 19.6 Å². The molecular weight excluding hydrogens is 456 g/mol. The molecule has 3 aromatic carbocycles. The van der Waals surface area contributed by atoms with Crippen LogP contribution >= 0.6 is 0 Å². The molecule has 1 N–H and O–H groups in total. The molecule has 0 bridgehead atoms. The predicted octanol–water partition coefficient (Wildman–Crippen LogP) is 7.71. The van der Waals surface area contributed by atoms with Gasteiger partial charge in [-0.1, -0.05) is 49.4 Å². The minimum absolute atomic E-state index is 0.152. The molecule has 0 aliphatic carbocycles. The highest BCUT2D eigenvalue weighted by molar-refractivity contribution is 5.82. The molecule has 4 aromatic rings. The molecule has 2 amide bonds. The van der Waals surface area contributed by atoms with Crippen molar-refractivity contribution in [1.29, 1.82) is 0 Å². The van der Waals surface area contributed by atoms with E-state index in [1.807, 2.05) is 6.92 Å². The zero-order valence-electron chi connectivity index (χ0n) is 22.6. The summed E-state index contributed by atoms with van der Waals surface area (Å²) >= 11 is 0. The number of hydrogen-bond acceptors (Lipinski definition) is 2. The number of fused-ring (bicyclic) bond motifs is 1. The van der Waals surface area contributed by atoms with E-state index in [1.165, 1.54) is 22.3 Å². The molecule has 1 unspecified atom stereocenters. The van der Waals surface area contributed by atoms with Gasteiger partial charge < -0.3 is 14.8 Å². The SMILES string of the molecule is CCCN(Cc1cc(-c2ccc3nc(C)[nH]c3c2)ccc1C)C(=O)N1CCCCC1c1ccccc1C. The number of amides is 2. The monoisotopic (exact) mass is 494 g/mol. The predicted molar refractivity (Wildman–Crippen MR) is 152 cm³/mol. The van der Waals surface area contributed by atoms with E-state index >= 15 is 0 Å². The zero-order chi connectivity index (χ0) is 25.9. The largest absolute Gasteiger partial charge is 0.342 e. The summed E-state index contributed by atoms with van der Waals surface area (Å²) < 4.78 is 0. The van der Waals surface area contributed by atoms with E-state index in [4.69, 9.17) is 0 Å². The molecule has 1 atom stereocenters. The van der Waals surface area contributed by atoms with Crippen molar-refractivity contribution in [3.8, 4) is 11.1 Å². The molecule has 1 saturated heterocycles. The zero-order valence-corrected chi connectivity index (χ0v) is 22.6. The maximum atomic E-state index is 14.0. The van der Waals surface area contributed by atoms with Crippen molar-refractivity contribution in [2.45, 2.75) is 66.0 Å². The maximum Gasteiger partial charge on any atom is 0.320 e. The van der Waals surface area contributed by atoms with Gasteiger partial charge in [0.2, 0.25) is 0 Å². The molecule has 0 saturated carbocycles. The Bertz CT molecular complexity index is 1410. The van der Waals surface area contributed by atoms with Gasteiger partial charge in [0.1, 0.15) is 5.82 Å². The third kappa shape index (κ3) is 5.27. The van der Waals surface area contributed by atoms with Crippen molar-refractivity contribution in [1.82, 2.24) is 19.8 Å². The normalized spacial score (nSPS) is 15.8. The van der Waals surface area contributed by atoms with E-state index in [2.05, 4.69) is 101 Å². The first-order valence-corrected chi connectivity index (χ1v) is 13.6. The van der Waals surface area contributed by atoms with Gasteiger partial charge in [-0.15, -0.1) is 0 Å². The summed E-state index contributed by atoms with van der Waals surface area (Å²) in [5.74, 6) is 0.923. The number of benzene rings is 3. The van der Waals surface area contributed by atoms with Crippen LogP contribution in [0, 0.1) is 20.8 Å². The average molecular weight is 495 g/mol. The van der Waals surface area contributed by atoms with E-state index in [-0.39, 0.29) is 12.1 Å². The summed E-state index contributed by atoms with van der Waals surface area (Å²) in [6.45, 7) is 10.6. The second-order valence-corrected chi connectivity index (χ2v) is 10.5. The van der Waals surface area contributed by atoms with Gasteiger partial charge in [-0.2, -0.15) is 0 Å². The van der Waals surface area contributed by atoms with Crippen molar-refractivity contribution in [2.75, 3.05) is 13.1 Å². The molecule has 1 aromatic heterocycles. The van der Waals surface area contributed by atoms with Crippen LogP contribution in [0.4, 0.5) is 4.79 Å². The second kappa shape index (κ2) is 10.8. The topological polar surface area (TPSA) is 52.2 Å². The van der Waals surface area contributed by atoms with Crippen LogP contribution in [0.3, 0.4) is 0 Å². The smallest absolute Gasteiger partial charge is 0.320 e. The van der Waals surface area contributed by atoms with Gasteiger partial charge in [-0.3, -0.25) is 0 Å². The summed E-state index contributed by atoms with van der Waals surface area (Å²) in [5.41, 5.74) is 9.31. The molecule has 37 heavy (non-hydrogen) atoms. The van der Waals surface area contributed by atoms with E-state index in [1.54, 1.807) is 0 Å². The standard InChI is InChI=1S/C32H38N4O/c1-5-17-35(32(37)36-18-9-8-12-31(36)28-11-7-6-10-23(28)3)21-27-19-25(14-13-22(27)2)26-15-16-29-30(20-26)34-24(4)33-29/h6-7,10-11,13-16,19-20,31H,5,8-9,12,17-18,21H2,1-4H3,(H,33,34). The first kappa shape index (κ1) is 25.1. The molecular formula is C32H38N4O. The average Bonchev–Trinajstić information content (AvgIpc) is 3.28. The van der Waals surface area contributed by atoms with Gasteiger partial charge in [0.05, 0.1) is 17.1 Å². The number of nitrogens with one attached hydrogen (secondary N) is 1. The Balaban J connectivity index is 1.42. The third-order valence-electron chi connectivity index (χ3n) is 7.70. The Morgan fingerprint density at radius 2 is 1.78 bits per heavy atom. The number of hydrogen-bond donors (Lipinski definition) is 1. The van der Waals surface area contributed by atoms with Crippen molar-refractivity contribution >= 4 is 17.1 Å². The molecule has 0 radical (unpaired) electrons. The molecule has 2 heterocycles. The fraction of sp³-hybridized carbons (Fsp3) is 0.375. The number of piperidine rings is 1. The van der Waals surface area contributed by atoms with Gasteiger partial charge in [0.25, 0.3) is 0 Å². The summed E-state index contributed by atoms with van der Waals surface area (Å²) in [5, 5.41) is 0. The Kier molecular flexibility index (Phi) is 7.31. The van der Waals surface area contributed by atoms with E-state index < -0.39 is 0 Å². The molecule has 0 spiro atoms. The highest BCUT2D eigenvalue weighted by atomic mass is 16.2. The van der Waals surface area contributed by atoms with Gasteiger partial charge >= 0.3 is 6.03 Å². The molecule has 5 nitrogen and oxygen atoms in total. The maximum absolute atomic E-state index is 14.0. The molecule has 1 aliphatic rings. The molecule has 5 rings (SSSR count). The number of likely N-dealkylation sites (tertiary alicyclic amines) is 1. The molecule has 1 fully saturated rings. The van der Waals surface area contributed by atoms with Crippen LogP contribution in [-0.4, -0.2) is 38.9 Å². The lowest BCUT2D eigenvalue weighted by Crippen LogP contribution is -2.47. The fourth-order valence-electron chi connectivity index (χ4n) is 5.68. The Hall–Kier alpha value is -3.60. The van der Waals surface area contributed by atoms with Gasteiger partial charge in [-0.25, -0.2) is 9.78 Å². The van der Waals surface area contributed by atoms with Crippen LogP contribution in [-0.2, 0) is 6.54 Å². The fourth-order valence-corrected chi connectivity index (χ4v) is 5.68. The Morgan fingerprint density at radius 3 is 2.59 bits per heavy atom. The van der Waals surface area contributed by atoms with E-state index in [0.717, 1.165) is 66.8 Å². The van der Waals surface area contributed by atoms with Crippen LogP contribution < -0.4 is 0 Å². The highest BCUT2D eigenvalue weighted by Crippen LogP contribution is 2.34. The third-order valence-corrected chi connectivity index (χ3v) is 7.70. The Morgan fingerprint density at radius 1 is 1.00 bits per heavy atom. The Labute approximate surface area is 220 Å². The lowest BCUT2D eigenvalue weighted by Gasteiger charge is -2.40. The quantitative estimate of drug-likeness (QED) is 0.298. The minimum atomic E-state index is 0.152. The van der Waals surface area contributed by atoms with Crippen molar-refractivity contribution in [3.63, 3.8) is 0 Å². The summed E-state index contributed by atoms with van der Waals surface area (Å²) in [4.78, 5) is 26.1. The van der Waals surface area contributed by atoms with Crippen molar-refractivity contribution in [3.05, 3.63) is 88.7 Å². The van der Waals surface area contributed by atoms with Crippen LogP contribution in [0.5, 0.6) is 0 Å². The number of carbonyl (C=O) groups excluding carboxylic acids is 1. The number of carbonyl (C=O) groups is 1. The number of rotatable bonds is 6. The van der Waals surface area contributed by atoms with E-state index in [9.17, 15) is 4.79 Å². The number of aromatic amines is 1. The number of imidazole rings is 1. The summed E-state index contributed by atoms with van der Waals surface area (Å²) in [6, 6.07) is 21.8. The second-order valence-electron chi connectivity index (χ2n) is 10.5. The lowest BCUT2D eigenvalue weighted by atomic mass is 9.92. The summed E-state index contributed by atoms with van der Waals surface area (Å²) in [7, 11) is 0. The first-order valence-electron chi connectivity index (χ1n) is 13.6. The number of H-pyrrole nitrogens is 1. The summed E-state index contributed by atoms with van der Waals surface area (Å²) in [6.07, 6.45) is 4.19. The number of aryl methyl sites for hydroxylation is 3. The van der Waals surface area contributed by atoms with Crippen LogP contribution in [0.2, 0.25) is 0 Å². The lowest BCUT2D eigenvalue weighted by molar-refractivity contribution is 0.112.